The van der Waals surface area contributed by atoms with Crippen LogP contribution in [0.25, 0.3) is 0 Å². The van der Waals surface area contributed by atoms with Gasteiger partial charge in [0.2, 0.25) is 0 Å². The molecule has 0 spiro atoms. The van der Waals surface area contributed by atoms with Crippen LogP contribution >= 0.6 is 11.3 Å². The van der Waals surface area contributed by atoms with Gasteiger partial charge in [0.25, 0.3) is 11.4 Å². The second-order valence-corrected chi connectivity index (χ2v) is 5.70. The summed E-state index contributed by atoms with van der Waals surface area (Å²) in [4.78, 5) is 24.7. The fraction of sp³-hybridized carbons (Fsp3) is 0.250. The van der Waals surface area contributed by atoms with Crippen LogP contribution in [-0.4, -0.2) is 14.8 Å². The van der Waals surface area contributed by atoms with Crippen molar-refractivity contribution in [3.8, 4) is 0 Å². The molecule has 9 heteroatoms. The Balaban J connectivity index is 2.40. The van der Waals surface area contributed by atoms with Crippen molar-refractivity contribution < 1.29 is 9.85 Å². The number of rotatable bonds is 5. The molecule has 0 aliphatic carbocycles. The summed E-state index contributed by atoms with van der Waals surface area (Å²) in [5, 5.41) is 27.4. The highest BCUT2D eigenvalue weighted by atomic mass is 32.1. The van der Waals surface area contributed by atoms with Crippen LogP contribution in [0, 0.1) is 20.2 Å². The van der Waals surface area contributed by atoms with Crippen LogP contribution in [0.4, 0.5) is 17.1 Å². The predicted molar refractivity (Wildman–Crippen MR) is 78.5 cm³/mol. The van der Waals surface area contributed by atoms with E-state index in [0.717, 1.165) is 11.1 Å². The number of hydrogen-bond acceptors (Lipinski definition) is 7. The van der Waals surface area contributed by atoms with E-state index < -0.39 is 15.4 Å². The Morgan fingerprint density at radius 2 is 1.95 bits per heavy atom. The summed E-state index contributed by atoms with van der Waals surface area (Å²) >= 11 is 1.42. The molecule has 0 saturated heterocycles. The third-order valence-corrected chi connectivity index (χ3v) is 3.90. The number of anilines is 1. The predicted octanol–water partition coefficient (Wildman–Crippen LogP) is 3.31. The maximum atomic E-state index is 11.1. The molecule has 21 heavy (non-hydrogen) atoms. The Labute approximate surface area is 123 Å². The Hall–Kier alpha value is -2.55. The molecule has 1 heterocycles. The quantitative estimate of drug-likeness (QED) is 0.670. The van der Waals surface area contributed by atoms with Gasteiger partial charge >= 0.3 is 0 Å². The number of nitrogens with one attached hydrogen (secondary N) is 1. The van der Waals surface area contributed by atoms with Crippen LogP contribution in [0.5, 0.6) is 0 Å². The third-order valence-electron chi connectivity index (χ3n) is 2.80. The van der Waals surface area contributed by atoms with Crippen molar-refractivity contribution in [2.75, 3.05) is 5.32 Å². The zero-order chi connectivity index (χ0) is 15.6. The minimum atomic E-state index is -0.664. The number of benzene rings is 1. The average Bonchev–Trinajstić information content (AvgIpc) is 2.92. The molecule has 1 aromatic carbocycles. The topological polar surface area (TPSA) is 111 Å². The molecule has 2 rings (SSSR count). The standard InChI is InChI=1S/C12H12N4O4S/c1-12(2,11-13-5-6-21-11)14-9-4-3-8(15(17)18)7-10(9)16(19)20/h3-7,14H,1-2H3. The molecule has 0 aliphatic heterocycles. The number of non-ortho nitro benzene ring substituents is 1. The molecular formula is C12H12N4O4S. The smallest absolute Gasteiger partial charge is 0.299 e. The van der Waals surface area contributed by atoms with E-state index in [4.69, 9.17) is 0 Å². The number of nitro benzene ring substituents is 2. The molecule has 0 atom stereocenters. The van der Waals surface area contributed by atoms with Crippen LogP contribution in [0.2, 0.25) is 0 Å². The van der Waals surface area contributed by atoms with Gasteiger partial charge in [-0.2, -0.15) is 0 Å². The van der Waals surface area contributed by atoms with Gasteiger partial charge < -0.3 is 5.32 Å². The number of hydrogen-bond donors (Lipinski definition) is 1. The van der Waals surface area contributed by atoms with Gasteiger partial charge in [-0.05, 0) is 19.9 Å². The first-order valence-electron chi connectivity index (χ1n) is 5.92. The molecule has 0 fully saturated rings. The van der Waals surface area contributed by atoms with Crippen molar-refractivity contribution in [2.24, 2.45) is 0 Å². The van der Waals surface area contributed by atoms with Gasteiger partial charge in [-0.15, -0.1) is 11.3 Å². The molecular weight excluding hydrogens is 296 g/mol. The van der Waals surface area contributed by atoms with Crippen molar-refractivity contribution in [3.05, 3.63) is 55.0 Å². The Bertz CT molecular complexity index is 685. The summed E-state index contributed by atoms with van der Waals surface area (Å²) in [6.07, 6.45) is 1.65. The Morgan fingerprint density at radius 1 is 1.24 bits per heavy atom. The molecule has 0 radical (unpaired) electrons. The van der Waals surface area contributed by atoms with E-state index in [0.29, 0.717) is 0 Å². The van der Waals surface area contributed by atoms with Crippen LogP contribution in [-0.2, 0) is 5.54 Å². The normalized spacial score (nSPS) is 11.1. The highest BCUT2D eigenvalue weighted by Gasteiger charge is 2.28. The zero-order valence-corrected chi connectivity index (χ0v) is 12.1. The Morgan fingerprint density at radius 3 is 2.48 bits per heavy atom. The van der Waals surface area contributed by atoms with Crippen LogP contribution in [0.1, 0.15) is 18.9 Å². The maximum Gasteiger partial charge on any atom is 0.299 e. The van der Waals surface area contributed by atoms with Crippen molar-refractivity contribution in [1.29, 1.82) is 0 Å². The van der Waals surface area contributed by atoms with E-state index in [1.54, 1.807) is 6.20 Å². The average molecular weight is 308 g/mol. The lowest BCUT2D eigenvalue weighted by Crippen LogP contribution is -2.28. The van der Waals surface area contributed by atoms with Crippen molar-refractivity contribution in [3.63, 3.8) is 0 Å². The lowest BCUT2D eigenvalue weighted by Gasteiger charge is -2.24. The van der Waals surface area contributed by atoms with E-state index in [9.17, 15) is 20.2 Å². The van der Waals surface area contributed by atoms with Crippen LogP contribution in [0.15, 0.2) is 29.8 Å². The van der Waals surface area contributed by atoms with Gasteiger partial charge in [0.1, 0.15) is 10.7 Å². The monoisotopic (exact) mass is 308 g/mol. The minimum Gasteiger partial charge on any atom is -0.368 e. The highest BCUT2D eigenvalue weighted by Crippen LogP contribution is 2.34. The van der Waals surface area contributed by atoms with Gasteiger partial charge in [0, 0.05) is 17.6 Å². The van der Waals surface area contributed by atoms with Gasteiger partial charge in [0.05, 0.1) is 21.5 Å². The lowest BCUT2D eigenvalue weighted by atomic mass is 10.1. The molecule has 8 nitrogen and oxygen atoms in total. The second-order valence-electron chi connectivity index (χ2n) is 4.80. The van der Waals surface area contributed by atoms with Crippen LogP contribution in [0.3, 0.4) is 0 Å². The summed E-state index contributed by atoms with van der Waals surface area (Å²) in [5.74, 6) is 0. The molecule has 1 aromatic heterocycles. The van der Waals surface area contributed by atoms with Crippen LogP contribution < -0.4 is 5.32 Å². The van der Waals surface area contributed by atoms with Gasteiger partial charge in [0.15, 0.2) is 0 Å². The lowest BCUT2D eigenvalue weighted by molar-refractivity contribution is -0.393. The summed E-state index contributed by atoms with van der Waals surface area (Å²) in [6.45, 7) is 3.66. The molecule has 0 saturated carbocycles. The van der Waals surface area contributed by atoms with Crippen molar-refractivity contribution in [2.45, 2.75) is 19.4 Å². The second kappa shape index (κ2) is 5.44. The summed E-state index contributed by atoms with van der Waals surface area (Å²) in [5.41, 5.74) is -1.08. The molecule has 110 valence electrons. The molecule has 0 bridgehead atoms. The Kier molecular flexibility index (Phi) is 3.85. The van der Waals surface area contributed by atoms with E-state index in [1.807, 2.05) is 19.2 Å². The number of nitrogens with zero attached hydrogens (tertiary/aromatic N) is 3. The summed E-state index contributed by atoms with van der Waals surface area (Å²) in [7, 11) is 0. The van der Waals surface area contributed by atoms with Gasteiger partial charge in [-0.3, -0.25) is 20.2 Å². The maximum absolute atomic E-state index is 11.1. The van der Waals surface area contributed by atoms with Crippen molar-refractivity contribution in [1.82, 2.24) is 4.98 Å². The minimum absolute atomic E-state index is 0.214. The molecule has 0 amide bonds. The largest absolute Gasteiger partial charge is 0.368 e. The molecule has 0 unspecified atom stereocenters. The first kappa shape index (κ1) is 14.9. The summed E-state index contributed by atoms with van der Waals surface area (Å²) < 4.78 is 0. The molecule has 0 aliphatic rings. The first-order valence-corrected chi connectivity index (χ1v) is 6.80. The van der Waals surface area contributed by atoms with E-state index in [2.05, 4.69) is 10.3 Å². The SMILES string of the molecule is CC(C)(Nc1ccc([N+](=O)[O-])cc1[N+](=O)[O-])c1nccs1. The summed E-state index contributed by atoms with van der Waals surface area (Å²) in [6, 6.07) is 3.51. The van der Waals surface area contributed by atoms with E-state index >= 15 is 0 Å². The zero-order valence-electron chi connectivity index (χ0n) is 11.3. The fourth-order valence-electron chi connectivity index (χ4n) is 1.81. The van der Waals surface area contributed by atoms with Crippen molar-refractivity contribution >= 4 is 28.4 Å². The number of nitro groups is 2. The van der Waals surface area contributed by atoms with E-state index in [-0.39, 0.29) is 17.1 Å². The number of thiazole rings is 1. The highest BCUT2D eigenvalue weighted by molar-refractivity contribution is 7.09. The number of aromatic nitrogens is 1. The fourth-order valence-corrected chi connectivity index (χ4v) is 2.53. The molecule has 2 aromatic rings. The molecule has 1 N–H and O–H groups in total. The third kappa shape index (κ3) is 3.14. The van der Waals surface area contributed by atoms with Gasteiger partial charge in [-0.1, -0.05) is 0 Å². The van der Waals surface area contributed by atoms with E-state index in [1.165, 1.54) is 23.5 Å². The first-order chi connectivity index (χ1) is 9.81. The van der Waals surface area contributed by atoms with Gasteiger partial charge in [-0.25, -0.2) is 4.98 Å².